The normalized spacial score (nSPS) is 21.2. The second-order valence-electron chi connectivity index (χ2n) is 5.48. The predicted molar refractivity (Wildman–Crippen MR) is 76.8 cm³/mol. The fraction of sp³-hybridized carbons (Fsp3) is 0.467. The van der Waals surface area contributed by atoms with E-state index in [-0.39, 0.29) is 17.9 Å². The van der Waals surface area contributed by atoms with E-state index in [2.05, 4.69) is 10.6 Å². The maximum atomic E-state index is 12.5. The van der Waals surface area contributed by atoms with Crippen molar-refractivity contribution >= 4 is 17.5 Å². The highest BCUT2D eigenvalue weighted by molar-refractivity contribution is 5.98. The molecule has 1 atom stereocenters. The summed E-state index contributed by atoms with van der Waals surface area (Å²) in [4.78, 5) is 25.6. The largest absolute Gasteiger partial charge is 0.337 e. The highest BCUT2D eigenvalue weighted by Crippen LogP contribution is 2.24. The van der Waals surface area contributed by atoms with Crippen molar-refractivity contribution in [2.24, 2.45) is 0 Å². The smallest absolute Gasteiger partial charge is 0.253 e. The van der Waals surface area contributed by atoms with E-state index in [4.69, 9.17) is 0 Å². The first kappa shape index (κ1) is 13.1. The number of carbonyl (C=O) groups excluding carboxylic acids is 2. The van der Waals surface area contributed by atoms with Gasteiger partial charge in [-0.2, -0.15) is 0 Å². The van der Waals surface area contributed by atoms with E-state index in [1.165, 1.54) is 0 Å². The number of aryl methyl sites for hydroxylation is 1. The van der Waals surface area contributed by atoms with Gasteiger partial charge >= 0.3 is 0 Å². The van der Waals surface area contributed by atoms with Crippen molar-refractivity contribution in [1.29, 1.82) is 0 Å². The molecule has 1 aromatic carbocycles. The van der Waals surface area contributed by atoms with Gasteiger partial charge in [-0.3, -0.25) is 9.59 Å². The quantitative estimate of drug-likeness (QED) is 0.845. The second-order valence-corrected chi connectivity index (χ2v) is 5.48. The summed E-state index contributed by atoms with van der Waals surface area (Å²) >= 11 is 0. The molecule has 2 N–H and O–H groups in total. The maximum Gasteiger partial charge on any atom is 0.253 e. The molecule has 1 unspecified atom stereocenters. The van der Waals surface area contributed by atoms with E-state index < -0.39 is 0 Å². The first-order chi connectivity index (χ1) is 9.65. The van der Waals surface area contributed by atoms with E-state index in [9.17, 15) is 9.59 Å². The average Bonchev–Trinajstić information content (AvgIpc) is 2.99. The fourth-order valence-corrected chi connectivity index (χ4v) is 2.86. The molecule has 1 aromatic rings. The minimum Gasteiger partial charge on any atom is -0.337 e. The maximum absolute atomic E-state index is 12.5. The first-order valence-electron chi connectivity index (χ1n) is 7.06. The zero-order valence-corrected chi connectivity index (χ0v) is 11.6. The van der Waals surface area contributed by atoms with Crippen molar-refractivity contribution in [2.75, 3.05) is 25.5 Å². The Labute approximate surface area is 118 Å². The predicted octanol–water partition coefficient (Wildman–Crippen LogP) is 1.01. The topological polar surface area (TPSA) is 61.4 Å². The van der Waals surface area contributed by atoms with E-state index in [1.54, 1.807) is 6.07 Å². The Bertz CT molecular complexity index is 550. The Kier molecular flexibility index (Phi) is 3.44. The number of benzene rings is 1. The van der Waals surface area contributed by atoms with Gasteiger partial charge in [0.25, 0.3) is 5.91 Å². The summed E-state index contributed by atoms with van der Waals surface area (Å²) in [6, 6.07) is 5.82. The number of rotatable bonds is 2. The van der Waals surface area contributed by atoms with Gasteiger partial charge in [-0.15, -0.1) is 0 Å². The van der Waals surface area contributed by atoms with Crippen molar-refractivity contribution in [3.63, 3.8) is 0 Å². The molecule has 106 valence electrons. The van der Waals surface area contributed by atoms with Crippen LogP contribution in [0, 0.1) is 0 Å². The highest BCUT2D eigenvalue weighted by Gasteiger charge is 2.25. The second kappa shape index (κ2) is 5.25. The monoisotopic (exact) mass is 273 g/mol. The van der Waals surface area contributed by atoms with Crippen molar-refractivity contribution in [2.45, 2.75) is 25.3 Å². The molecule has 2 heterocycles. The van der Waals surface area contributed by atoms with Gasteiger partial charge in [0.2, 0.25) is 5.91 Å². The number of nitrogens with zero attached hydrogens (tertiary/aromatic N) is 1. The number of amides is 2. The van der Waals surface area contributed by atoms with Crippen LogP contribution in [0.5, 0.6) is 0 Å². The summed E-state index contributed by atoms with van der Waals surface area (Å²) in [5.74, 6) is 0.101. The van der Waals surface area contributed by atoms with Crippen LogP contribution in [0.1, 0.15) is 28.8 Å². The molecule has 2 aliphatic rings. The molecular weight excluding hydrogens is 254 g/mol. The lowest BCUT2D eigenvalue weighted by Crippen LogP contribution is -2.38. The van der Waals surface area contributed by atoms with Gasteiger partial charge in [-0.25, -0.2) is 0 Å². The fourth-order valence-electron chi connectivity index (χ4n) is 2.86. The van der Waals surface area contributed by atoms with Gasteiger partial charge in [0, 0.05) is 37.3 Å². The molecule has 2 amide bonds. The van der Waals surface area contributed by atoms with Crippen molar-refractivity contribution in [1.82, 2.24) is 10.2 Å². The minimum atomic E-state index is 0.0470. The van der Waals surface area contributed by atoms with Crippen molar-refractivity contribution in [3.05, 3.63) is 29.3 Å². The van der Waals surface area contributed by atoms with Crippen LogP contribution in [-0.4, -0.2) is 42.9 Å². The number of fused-ring (bicyclic) bond motifs is 1. The van der Waals surface area contributed by atoms with Crippen LogP contribution < -0.4 is 10.6 Å². The van der Waals surface area contributed by atoms with Crippen LogP contribution in [0.2, 0.25) is 0 Å². The lowest BCUT2D eigenvalue weighted by Gasteiger charge is -2.25. The molecule has 2 aliphatic heterocycles. The summed E-state index contributed by atoms with van der Waals surface area (Å²) in [7, 11) is 1.86. The van der Waals surface area contributed by atoms with Crippen molar-refractivity contribution in [3.8, 4) is 0 Å². The van der Waals surface area contributed by atoms with Crippen LogP contribution in [0.3, 0.4) is 0 Å². The molecule has 5 heteroatoms. The van der Waals surface area contributed by atoms with Crippen LogP contribution in [0.25, 0.3) is 0 Å². The minimum absolute atomic E-state index is 0.0470. The number of anilines is 1. The molecular formula is C15H19N3O2. The lowest BCUT2D eigenvalue weighted by molar-refractivity contribution is -0.116. The Morgan fingerprint density at radius 1 is 1.35 bits per heavy atom. The molecule has 0 saturated carbocycles. The van der Waals surface area contributed by atoms with Gasteiger partial charge in [0.05, 0.1) is 0 Å². The molecule has 0 radical (unpaired) electrons. The van der Waals surface area contributed by atoms with Crippen LogP contribution in [0.15, 0.2) is 18.2 Å². The van der Waals surface area contributed by atoms with Crippen LogP contribution in [-0.2, 0) is 11.2 Å². The Hall–Kier alpha value is -1.88. The molecule has 0 aliphatic carbocycles. The summed E-state index contributed by atoms with van der Waals surface area (Å²) in [5, 5.41) is 6.11. The third-order valence-corrected chi connectivity index (χ3v) is 4.15. The third-order valence-electron chi connectivity index (χ3n) is 4.15. The standard InChI is InChI=1S/C15H19N3O2/c1-18(12-6-7-16-9-12)15(20)11-2-4-13-10(8-11)3-5-14(19)17-13/h2,4,8,12,16H,3,5-7,9H2,1H3,(H,17,19). The number of hydrogen-bond acceptors (Lipinski definition) is 3. The van der Waals surface area contributed by atoms with Gasteiger partial charge in [0.1, 0.15) is 0 Å². The summed E-state index contributed by atoms with van der Waals surface area (Å²) < 4.78 is 0. The van der Waals surface area contributed by atoms with Crippen LogP contribution >= 0.6 is 0 Å². The molecule has 0 aromatic heterocycles. The molecule has 0 bridgehead atoms. The van der Waals surface area contributed by atoms with Gasteiger partial charge in [-0.05, 0) is 43.1 Å². The average molecular weight is 273 g/mol. The van der Waals surface area contributed by atoms with Crippen molar-refractivity contribution < 1.29 is 9.59 Å². The Balaban J connectivity index is 1.80. The summed E-state index contributed by atoms with van der Waals surface area (Å²) in [6.45, 7) is 1.84. The molecule has 1 saturated heterocycles. The summed E-state index contributed by atoms with van der Waals surface area (Å²) in [6.07, 6.45) is 2.20. The highest BCUT2D eigenvalue weighted by atomic mass is 16.2. The van der Waals surface area contributed by atoms with E-state index >= 15 is 0 Å². The number of hydrogen-bond donors (Lipinski definition) is 2. The lowest BCUT2D eigenvalue weighted by atomic mass is 9.99. The van der Waals surface area contributed by atoms with E-state index in [0.717, 1.165) is 30.8 Å². The number of likely N-dealkylation sites (N-methyl/N-ethyl adjacent to an activating group) is 1. The molecule has 3 rings (SSSR count). The molecule has 0 spiro atoms. The van der Waals surface area contributed by atoms with E-state index in [1.807, 2.05) is 24.1 Å². The zero-order valence-electron chi connectivity index (χ0n) is 11.6. The third kappa shape index (κ3) is 2.41. The molecule has 20 heavy (non-hydrogen) atoms. The van der Waals surface area contributed by atoms with Gasteiger partial charge in [-0.1, -0.05) is 0 Å². The zero-order chi connectivity index (χ0) is 14.1. The van der Waals surface area contributed by atoms with Crippen LogP contribution in [0.4, 0.5) is 5.69 Å². The Morgan fingerprint density at radius 3 is 2.95 bits per heavy atom. The first-order valence-corrected chi connectivity index (χ1v) is 7.06. The van der Waals surface area contributed by atoms with Gasteiger partial charge < -0.3 is 15.5 Å². The van der Waals surface area contributed by atoms with Gasteiger partial charge in [0.15, 0.2) is 0 Å². The van der Waals surface area contributed by atoms with E-state index in [0.29, 0.717) is 18.4 Å². The molecule has 5 nitrogen and oxygen atoms in total. The SMILES string of the molecule is CN(C(=O)c1ccc2c(c1)CCC(=O)N2)C1CCNC1. The summed E-state index contributed by atoms with van der Waals surface area (Å²) in [5.41, 5.74) is 2.59. The Morgan fingerprint density at radius 2 is 2.20 bits per heavy atom. The number of carbonyl (C=O) groups is 2. The molecule has 1 fully saturated rings. The number of nitrogens with one attached hydrogen (secondary N) is 2.